The Labute approximate surface area is 221 Å². The van der Waals surface area contributed by atoms with Gasteiger partial charge in [0.1, 0.15) is 23.9 Å². The Morgan fingerprint density at radius 3 is 2.46 bits per heavy atom. The second-order valence-electron chi connectivity index (χ2n) is 9.57. The van der Waals surface area contributed by atoms with Gasteiger partial charge in [-0.25, -0.2) is 0 Å². The van der Waals surface area contributed by atoms with Crippen molar-refractivity contribution in [1.29, 1.82) is 0 Å². The first-order valence-electron chi connectivity index (χ1n) is 13.3. The van der Waals surface area contributed by atoms with Crippen molar-refractivity contribution in [2.45, 2.75) is 38.6 Å². The zero-order chi connectivity index (χ0) is 26.0. The van der Waals surface area contributed by atoms with Crippen LogP contribution in [0.15, 0.2) is 60.7 Å². The average Bonchev–Trinajstić information content (AvgIpc) is 2.93. The van der Waals surface area contributed by atoms with E-state index in [2.05, 4.69) is 65.7 Å². The van der Waals surface area contributed by atoms with E-state index in [0.29, 0.717) is 24.9 Å². The van der Waals surface area contributed by atoms with Crippen LogP contribution in [0.4, 0.5) is 5.69 Å². The minimum absolute atomic E-state index is 0.356. The Morgan fingerprint density at radius 1 is 0.919 bits per heavy atom. The fraction of sp³-hybridized carbons (Fsp3) is 0.419. The monoisotopic (exact) mass is 504 g/mol. The van der Waals surface area contributed by atoms with Crippen molar-refractivity contribution in [3.05, 3.63) is 82.9 Å². The Bertz CT molecular complexity index is 1130. The molecule has 1 unspecified atom stereocenters. The van der Waals surface area contributed by atoms with Gasteiger partial charge in [-0.15, -0.1) is 0 Å². The summed E-state index contributed by atoms with van der Waals surface area (Å²) in [5.74, 6) is 2.55. The van der Waals surface area contributed by atoms with Crippen molar-refractivity contribution in [3.8, 4) is 17.2 Å². The fourth-order valence-corrected chi connectivity index (χ4v) is 5.10. The third kappa shape index (κ3) is 7.18. The summed E-state index contributed by atoms with van der Waals surface area (Å²) in [6.45, 7) is 6.86. The van der Waals surface area contributed by atoms with Gasteiger partial charge in [-0.3, -0.25) is 0 Å². The van der Waals surface area contributed by atoms with Crippen LogP contribution >= 0.6 is 0 Å². The fourth-order valence-electron chi connectivity index (χ4n) is 5.10. The van der Waals surface area contributed by atoms with E-state index >= 15 is 0 Å². The standard InChI is InChI=1S/C31H40N2O4/c1-4-33(22-23-5-11-28(12-6-23)37-18-16-32-15-17-35-2)31-21-29(36-3)13-14-30(31)26-8-7-25-20-27(34)10-9-24(25)19-26/h5-6,9-14,20-21,26,32,34H,4,7-8,15-19,22H2,1-3H3. The second kappa shape index (κ2) is 13.4. The first kappa shape index (κ1) is 26.8. The molecule has 198 valence electrons. The molecule has 37 heavy (non-hydrogen) atoms. The number of methoxy groups -OCH3 is 2. The highest BCUT2D eigenvalue weighted by Crippen LogP contribution is 2.40. The topological polar surface area (TPSA) is 63.2 Å². The maximum Gasteiger partial charge on any atom is 0.120 e. The highest BCUT2D eigenvalue weighted by Gasteiger charge is 2.24. The van der Waals surface area contributed by atoms with E-state index in [1.807, 2.05) is 6.07 Å². The molecule has 0 radical (unpaired) electrons. The van der Waals surface area contributed by atoms with Gasteiger partial charge < -0.3 is 29.5 Å². The number of phenolic OH excluding ortho intramolecular Hbond substituents is 1. The van der Waals surface area contributed by atoms with Gasteiger partial charge in [0.15, 0.2) is 0 Å². The normalized spacial score (nSPS) is 14.7. The number of benzene rings is 3. The first-order chi connectivity index (χ1) is 18.1. The number of nitrogens with one attached hydrogen (secondary N) is 1. The molecule has 0 fully saturated rings. The van der Waals surface area contributed by atoms with E-state index < -0.39 is 0 Å². The Kier molecular flexibility index (Phi) is 9.69. The maximum atomic E-state index is 9.88. The molecule has 6 nitrogen and oxygen atoms in total. The number of hydrogen-bond donors (Lipinski definition) is 2. The Balaban J connectivity index is 1.46. The lowest BCUT2D eigenvalue weighted by Crippen LogP contribution is -2.25. The van der Waals surface area contributed by atoms with Gasteiger partial charge in [0.25, 0.3) is 0 Å². The molecule has 0 aliphatic heterocycles. The maximum absolute atomic E-state index is 9.88. The molecule has 0 saturated carbocycles. The van der Waals surface area contributed by atoms with Crippen molar-refractivity contribution in [2.24, 2.45) is 0 Å². The van der Waals surface area contributed by atoms with Crippen LogP contribution in [0, 0.1) is 0 Å². The highest BCUT2D eigenvalue weighted by atomic mass is 16.5. The molecule has 3 aromatic carbocycles. The molecule has 6 heteroatoms. The van der Waals surface area contributed by atoms with Crippen molar-refractivity contribution < 1.29 is 19.3 Å². The summed E-state index contributed by atoms with van der Waals surface area (Å²) in [6, 6.07) is 20.7. The summed E-state index contributed by atoms with van der Waals surface area (Å²) in [7, 11) is 3.43. The molecule has 0 amide bonds. The first-order valence-corrected chi connectivity index (χ1v) is 13.3. The van der Waals surface area contributed by atoms with E-state index in [0.717, 1.165) is 56.9 Å². The molecule has 4 rings (SSSR count). The third-order valence-corrected chi connectivity index (χ3v) is 7.15. The Hall–Kier alpha value is -3.22. The third-order valence-electron chi connectivity index (χ3n) is 7.15. The van der Waals surface area contributed by atoms with Gasteiger partial charge >= 0.3 is 0 Å². The summed E-state index contributed by atoms with van der Waals surface area (Å²) in [5.41, 5.74) is 6.44. The number of fused-ring (bicyclic) bond motifs is 1. The largest absolute Gasteiger partial charge is 0.508 e. The SMILES string of the molecule is CCN(Cc1ccc(OCCNCCOC)cc1)c1cc(OC)ccc1C1CCc2cc(O)ccc2C1. The van der Waals surface area contributed by atoms with Gasteiger partial charge in [0.2, 0.25) is 0 Å². The molecule has 1 atom stereocenters. The molecule has 0 heterocycles. The molecule has 2 N–H and O–H groups in total. The van der Waals surface area contributed by atoms with E-state index in [1.54, 1.807) is 20.3 Å². The van der Waals surface area contributed by atoms with Crippen molar-refractivity contribution in [1.82, 2.24) is 5.32 Å². The number of anilines is 1. The van der Waals surface area contributed by atoms with Crippen molar-refractivity contribution in [2.75, 3.05) is 52.0 Å². The molecule has 0 bridgehead atoms. The molecule has 3 aromatic rings. The van der Waals surface area contributed by atoms with Crippen LogP contribution in [0.3, 0.4) is 0 Å². The van der Waals surface area contributed by atoms with Crippen LogP contribution in [-0.2, 0) is 24.1 Å². The molecule has 1 aliphatic carbocycles. The van der Waals surface area contributed by atoms with Gasteiger partial charge in [0, 0.05) is 45.0 Å². The summed E-state index contributed by atoms with van der Waals surface area (Å²) < 4.78 is 16.5. The average molecular weight is 505 g/mol. The quantitative estimate of drug-likeness (QED) is 0.308. The molecule has 0 saturated heterocycles. The predicted molar refractivity (Wildman–Crippen MR) is 149 cm³/mol. The molecule has 1 aliphatic rings. The molecule has 0 aromatic heterocycles. The van der Waals surface area contributed by atoms with Gasteiger partial charge in [-0.2, -0.15) is 0 Å². The van der Waals surface area contributed by atoms with E-state index in [-0.39, 0.29) is 0 Å². The smallest absolute Gasteiger partial charge is 0.120 e. The molecular formula is C31H40N2O4. The number of phenols is 1. The number of nitrogens with zero attached hydrogens (tertiary/aromatic N) is 1. The summed E-state index contributed by atoms with van der Waals surface area (Å²) in [5, 5.41) is 13.2. The number of aryl methyl sites for hydroxylation is 1. The van der Waals surface area contributed by atoms with E-state index in [1.165, 1.54) is 27.9 Å². The minimum atomic E-state index is 0.356. The Morgan fingerprint density at radius 2 is 1.70 bits per heavy atom. The second-order valence-corrected chi connectivity index (χ2v) is 9.57. The van der Waals surface area contributed by atoms with Crippen LogP contribution < -0.4 is 19.7 Å². The highest BCUT2D eigenvalue weighted by molar-refractivity contribution is 5.60. The van der Waals surface area contributed by atoms with Crippen LogP contribution in [0.1, 0.15) is 41.5 Å². The zero-order valence-electron chi connectivity index (χ0n) is 22.3. The van der Waals surface area contributed by atoms with Crippen LogP contribution in [0.5, 0.6) is 17.2 Å². The minimum Gasteiger partial charge on any atom is -0.508 e. The number of rotatable bonds is 13. The number of hydrogen-bond acceptors (Lipinski definition) is 6. The van der Waals surface area contributed by atoms with Crippen molar-refractivity contribution in [3.63, 3.8) is 0 Å². The van der Waals surface area contributed by atoms with Crippen LogP contribution in [-0.4, -0.2) is 52.2 Å². The van der Waals surface area contributed by atoms with Crippen LogP contribution in [0.2, 0.25) is 0 Å². The molecule has 0 spiro atoms. The van der Waals surface area contributed by atoms with E-state index in [9.17, 15) is 5.11 Å². The van der Waals surface area contributed by atoms with E-state index in [4.69, 9.17) is 14.2 Å². The lowest BCUT2D eigenvalue weighted by atomic mass is 9.79. The zero-order valence-corrected chi connectivity index (χ0v) is 22.3. The lowest BCUT2D eigenvalue weighted by molar-refractivity contribution is 0.197. The number of ether oxygens (including phenoxy) is 3. The summed E-state index contributed by atoms with van der Waals surface area (Å²) in [4.78, 5) is 2.43. The lowest BCUT2D eigenvalue weighted by Gasteiger charge is -2.32. The predicted octanol–water partition coefficient (Wildman–Crippen LogP) is 5.31. The van der Waals surface area contributed by atoms with Gasteiger partial charge in [-0.05, 0) is 84.7 Å². The van der Waals surface area contributed by atoms with Crippen molar-refractivity contribution >= 4 is 5.69 Å². The van der Waals surface area contributed by atoms with Gasteiger partial charge in [-0.1, -0.05) is 24.3 Å². The summed E-state index contributed by atoms with van der Waals surface area (Å²) >= 11 is 0. The van der Waals surface area contributed by atoms with Gasteiger partial charge in [0.05, 0.1) is 13.7 Å². The number of aromatic hydroxyl groups is 1. The van der Waals surface area contributed by atoms with Crippen LogP contribution in [0.25, 0.3) is 0 Å². The molecular weight excluding hydrogens is 464 g/mol. The summed E-state index contributed by atoms with van der Waals surface area (Å²) in [6.07, 6.45) is 3.04.